The van der Waals surface area contributed by atoms with Gasteiger partial charge in [-0.1, -0.05) is 0 Å². The second kappa shape index (κ2) is 5.39. The van der Waals surface area contributed by atoms with Crippen molar-refractivity contribution >= 4 is 27.8 Å². The largest absolute Gasteiger partial charge is 0.496 e. The zero-order valence-electron chi connectivity index (χ0n) is 10.3. The molecular weight excluding hydrogens is 302 g/mol. The molecule has 0 aliphatic carbocycles. The molecule has 2 N–H and O–H groups in total. The number of benzene rings is 1. The van der Waals surface area contributed by atoms with Crippen molar-refractivity contribution in [3.8, 4) is 5.75 Å². The number of carbonyl (C=O) groups excluding carboxylic acids is 1. The molecule has 0 spiro atoms. The molecule has 0 aromatic heterocycles. The van der Waals surface area contributed by atoms with Gasteiger partial charge in [-0.15, -0.1) is 0 Å². The summed E-state index contributed by atoms with van der Waals surface area (Å²) in [5.41, 5.74) is -0.958. The van der Waals surface area contributed by atoms with Crippen molar-refractivity contribution in [1.29, 1.82) is 0 Å². The Kier molecular flexibility index (Phi) is 4.34. The van der Waals surface area contributed by atoms with E-state index in [0.29, 0.717) is 15.8 Å². The number of rotatable bonds is 4. The summed E-state index contributed by atoms with van der Waals surface area (Å²) in [6.07, 6.45) is 0. The first-order valence-corrected chi connectivity index (χ1v) is 5.96. The molecule has 0 atom stereocenters. The van der Waals surface area contributed by atoms with Crippen LogP contribution in [0.15, 0.2) is 22.7 Å². The molecule has 1 amide bonds. The first kappa shape index (κ1) is 14.5. The van der Waals surface area contributed by atoms with Crippen LogP contribution in [0.5, 0.6) is 5.75 Å². The van der Waals surface area contributed by atoms with E-state index in [4.69, 9.17) is 9.84 Å². The quantitative estimate of drug-likeness (QED) is 0.891. The van der Waals surface area contributed by atoms with E-state index in [0.717, 1.165) is 0 Å². The topological polar surface area (TPSA) is 75.6 Å². The molecule has 0 unspecified atom stereocenters. The summed E-state index contributed by atoms with van der Waals surface area (Å²) in [6.45, 7) is 2.84. The number of carboxylic acids is 1. The van der Waals surface area contributed by atoms with E-state index in [2.05, 4.69) is 21.2 Å². The van der Waals surface area contributed by atoms with Crippen LogP contribution in [-0.2, 0) is 4.79 Å². The van der Waals surface area contributed by atoms with E-state index in [9.17, 15) is 9.59 Å². The molecule has 0 aliphatic rings. The maximum atomic E-state index is 11.9. The Balaban J connectivity index is 2.92. The number of ether oxygens (including phenoxy) is 1. The maximum Gasteiger partial charge on any atom is 0.328 e. The van der Waals surface area contributed by atoms with Crippen LogP contribution >= 0.6 is 15.9 Å². The number of carboxylic acid groups (broad SMARTS) is 1. The standard InChI is InChI=1S/C12H14BrNO4/c1-12(2,11(16)17)14-10(15)7-4-5-9(18-3)8(13)6-7/h4-6H,1-3H3,(H,14,15)(H,16,17). The number of hydrogen-bond donors (Lipinski definition) is 2. The van der Waals surface area contributed by atoms with Crippen molar-refractivity contribution in [2.75, 3.05) is 7.11 Å². The lowest BCUT2D eigenvalue weighted by Gasteiger charge is -2.21. The van der Waals surface area contributed by atoms with Gasteiger partial charge in [-0.3, -0.25) is 4.79 Å². The highest BCUT2D eigenvalue weighted by Gasteiger charge is 2.29. The third kappa shape index (κ3) is 3.22. The summed E-state index contributed by atoms with van der Waals surface area (Å²) in [4.78, 5) is 22.8. The van der Waals surface area contributed by atoms with Gasteiger partial charge in [0.2, 0.25) is 0 Å². The van der Waals surface area contributed by atoms with Crippen LogP contribution in [0.1, 0.15) is 24.2 Å². The monoisotopic (exact) mass is 315 g/mol. The summed E-state index contributed by atoms with van der Waals surface area (Å²) in [5, 5.41) is 11.4. The SMILES string of the molecule is COc1ccc(C(=O)NC(C)(C)C(=O)O)cc1Br. The van der Waals surface area contributed by atoms with Crippen LogP contribution in [0.3, 0.4) is 0 Å². The highest BCUT2D eigenvalue weighted by Crippen LogP contribution is 2.25. The molecule has 0 radical (unpaired) electrons. The van der Waals surface area contributed by atoms with E-state index < -0.39 is 17.4 Å². The van der Waals surface area contributed by atoms with Crippen LogP contribution in [0, 0.1) is 0 Å². The van der Waals surface area contributed by atoms with Crippen LogP contribution in [0.25, 0.3) is 0 Å². The van der Waals surface area contributed by atoms with Crippen LogP contribution in [0.2, 0.25) is 0 Å². The Morgan fingerprint density at radius 2 is 2.00 bits per heavy atom. The maximum absolute atomic E-state index is 11.9. The summed E-state index contributed by atoms with van der Waals surface area (Å²) < 4.78 is 5.68. The van der Waals surface area contributed by atoms with Crippen molar-refractivity contribution in [2.45, 2.75) is 19.4 Å². The summed E-state index contributed by atoms with van der Waals surface area (Å²) in [7, 11) is 1.52. The van der Waals surface area contributed by atoms with Gasteiger partial charge < -0.3 is 15.2 Å². The molecule has 5 nitrogen and oxygen atoms in total. The lowest BCUT2D eigenvalue weighted by molar-refractivity contribution is -0.143. The lowest BCUT2D eigenvalue weighted by Crippen LogP contribution is -2.49. The van der Waals surface area contributed by atoms with Crippen molar-refractivity contribution in [3.63, 3.8) is 0 Å². The predicted octanol–water partition coefficient (Wildman–Crippen LogP) is 2.05. The molecule has 0 saturated carbocycles. The van der Waals surface area contributed by atoms with E-state index in [1.165, 1.54) is 21.0 Å². The zero-order valence-corrected chi connectivity index (χ0v) is 11.9. The number of halogens is 1. The van der Waals surface area contributed by atoms with E-state index in [1.807, 2.05) is 0 Å². The van der Waals surface area contributed by atoms with Crippen molar-refractivity contribution in [3.05, 3.63) is 28.2 Å². The molecular formula is C12H14BrNO4. The van der Waals surface area contributed by atoms with Gasteiger partial charge in [-0.05, 0) is 48.0 Å². The average molecular weight is 316 g/mol. The van der Waals surface area contributed by atoms with Gasteiger partial charge in [0.15, 0.2) is 0 Å². The third-order valence-electron chi connectivity index (χ3n) is 2.37. The smallest absolute Gasteiger partial charge is 0.328 e. The van der Waals surface area contributed by atoms with Crippen LogP contribution in [-0.4, -0.2) is 29.6 Å². The first-order valence-electron chi connectivity index (χ1n) is 5.17. The highest BCUT2D eigenvalue weighted by atomic mass is 79.9. The third-order valence-corrected chi connectivity index (χ3v) is 2.99. The molecule has 98 valence electrons. The lowest BCUT2D eigenvalue weighted by atomic mass is 10.1. The van der Waals surface area contributed by atoms with E-state index >= 15 is 0 Å². The van der Waals surface area contributed by atoms with Gasteiger partial charge in [0.25, 0.3) is 5.91 Å². The Morgan fingerprint density at radius 3 is 2.44 bits per heavy atom. The normalized spacial score (nSPS) is 10.9. The number of aliphatic carboxylic acids is 1. The Labute approximate surface area is 113 Å². The number of methoxy groups -OCH3 is 1. The van der Waals surface area contributed by atoms with Gasteiger partial charge in [0.05, 0.1) is 11.6 Å². The minimum atomic E-state index is -1.32. The van der Waals surface area contributed by atoms with Gasteiger partial charge in [0, 0.05) is 5.56 Å². The zero-order chi connectivity index (χ0) is 13.9. The van der Waals surface area contributed by atoms with Crippen molar-refractivity contribution in [1.82, 2.24) is 5.32 Å². The van der Waals surface area contributed by atoms with Crippen LogP contribution in [0.4, 0.5) is 0 Å². The highest BCUT2D eigenvalue weighted by molar-refractivity contribution is 9.10. The predicted molar refractivity (Wildman–Crippen MR) is 69.9 cm³/mol. The molecule has 1 rings (SSSR count). The van der Waals surface area contributed by atoms with Gasteiger partial charge in [-0.2, -0.15) is 0 Å². The van der Waals surface area contributed by atoms with Crippen molar-refractivity contribution < 1.29 is 19.4 Å². The number of nitrogens with one attached hydrogen (secondary N) is 1. The number of amides is 1. The van der Waals surface area contributed by atoms with Gasteiger partial charge >= 0.3 is 5.97 Å². The molecule has 0 bridgehead atoms. The summed E-state index contributed by atoms with van der Waals surface area (Å²) >= 11 is 3.26. The van der Waals surface area contributed by atoms with Gasteiger partial charge in [0.1, 0.15) is 11.3 Å². The second-order valence-electron chi connectivity index (χ2n) is 4.23. The molecule has 6 heteroatoms. The molecule has 0 fully saturated rings. The Morgan fingerprint density at radius 1 is 1.39 bits per heavy atom. The fraction of sp³-hybridized carbons (Fsp3) is 0.333. The molecule has 1 aromatic rings. The molecule has 1 aromatic carbocycles. The second-order valence-corrected chi connectivity index (χ2v) is 5.09. The Hall–Kier alpha value is -1.56. The fourth-order valence-electron chi connectivity index (χ4n) is 1.22. The fourth-order valence-corrected chi connectivity index (χ4v) is 1.76. The average Bonchev–Trinajstić information content (AvgIpc) is 2.28. The Bertz CT molecular complexity index is 485. The number of hydrogen-bond acceptors (Lipinski definition) is 3. The van der Waals surface area contributed by atoms with Crippen molar-refractivity contribution in [2.24, 2.45) is 0 Å². The van der Waals surface area contributed by atoms with E-state index in [-0.39, 0.29) is 0 Å². The molecule has 0 saturated heterocycles. The molecule has 0 aliphatic heterocycles. The summed E-state index contributed by atoms with van der Waals surface area (Å²) in [5.74, 6) is -0.946. The molecule has 0 heterocycles. The van der Waals surface area contributed by atoms with E-state index in [1.54, 1.807) is 18.2 Å². The summed E-state index contributed by atoms with van der Waals surface area (Å²) in [6, 6.07) is 4.77. The minimum absolute atomic E-state index is 0.358. The number of carbonyl (C=O) groups is 2. The first-order chi connectivity index (χ1) is 8.27. The van der Waals surface area contributed by atoms with Gasteiger partial charge in [-0.25, -0.2) is 4.79 Å². The molecule has 18 heavy (non-hydrogen) atoms. The minimum Gasteiger partial charge on any atom is -0.496 e. The van der Waals surface area contributed by atoms with Crippen LogP contribution < -0.4 is 10.1 Å².